The van der Waals surface area contributed by atoms with Crippen molar-refractivity contribution in [1.29, 1.82) is 0 Å². The Morgan fingerprint density at radius 3 is 2.57 bits per heavy atom. The van der Waals surface area contributed by atoms with Gasteiger partial charge in [-0.3, -0.25) is 14.6 Å². The molecule has 0 N–H and O–H groups in total. The maximum atomic E-state index is 12.9. The van der Waals surface area contributed by atoms with Gasteiger partial charge < -0.3 is 8.98 Å². The number of allylic oxidation sites excluding steroid dienone is 1. The van der Waals surface area contributed by atoms with Gasteiger partial charge in [-0.2, -0.15) is 0 Å². The van der Waals surface area contributed by atoms with Gasteiger partial charge in [0.25, 0.3) is 0 Å². The van der Waals surface area contributed by atoms with E-state index < -0.39 is 0 Å². The molecule has 6 heteroatoms. The first-order chi connectivity index (χ1) is 14.5. The number of hydrogen-bond donors (Lipinski definition) is 0. The molecule has 5 rings (SSSR count). The summed E-state index contributed by atoms with van der Waals surface area (Å²) in [6, 6.07) is 10.9. The average molecular weight is 417 g/mol. The minimum atomic E-state index is -0.323. The van der Waals surface area contributed by atoms with E-state index in [4.69, 9.17) is 16.0 Å². The lowest BCUT2D eigenvalue weighted by molar-refractivity contribution is 0.0990. The number of aryl methyl sites for hydroxylation is 2. The molecular weight excluding hydrogens is 400 g/mol. The summed E-state index contributed by atoms with van der Waals surface area (Å²) in [4.78, 5) is 29.8. The third kappa shape index (κ3) is 2.74. The van der Waals surface area contributed by atoms with Crippen molar-refractivity contribution in [3.8, 4) is 11.3 Å². The lowest BCUT2D eigenvalue weighted by Crippen LogP contribution is -1.99. The molecule has 0 bridgehead atoms. The molecule has 5 nitrogen and oxygen atoms in total. The first-order valence-electron chi connectivity index (χ1n) is 9.61. The van der Waals surface area contributed by atoms with Crippen LogP contribution < -0.4 is 0 Å². The van der Waals surface area contributed by atoms with Gasteiger partial charge in [-0.1, -0.05) is 18.5 Å². The molecule has 1 aliphatic carbocycles. The molecule has 0 saturated heterocycles. The number of carbonyl (C=O) groups is 2. The molecule has 1 aliphatic rings. The summed E-state index contributed by atoms with van der Waals surface area (Å²) in [5.74, 6) is -0.159. The summed E-state index contributed by atoms with van der Waals surface area (Å²) in [5, 5.41) is 0.505. The van der Waals surface area contributed by atoms with Crippen molar-refractivity contribution in [3.05, 3.63) is 81.8 Å². The van der Waals surface area contributed by atoms with Gasteiger partial charge in [0.2, 0.25) is 0 Å². The maximum Gasteiger partial charge on any atom is 0.197 e. The van der Waals surface area contributed by atoms with Crippen LogP contribution in [0.2, 0.25) is 5.02 Å². The number of hydrogen-bond acceptors (Lipinski definition) is 4. The highest BCUT2D eigenvalue weighted by Gasteiger charge is 2.34. The Morgan fingerprint density at radius 2 is 1.90 bits per heavy atom. The summed E-state index contributed by atoms with van der Waals surface area (Å²) < 4.78 is 7.93. The Morgan fingerprint density at radius 1 is 1.13 bits per heavy atom. The monoisotopic (exact) mass is 416 g/mol. The largest absolute Gasteiger partial charge is 0.455 e. The number of pyridine rings is 1. The van der Waals surface area contributed by atoms with Gasteiger partial charge in [0.05, 0.1) is 16.8 Å². The van der Waals surface area contributed by atoms with E-state index in [1.165, 1.54) is 6.08 Å². The fraction of sp³-hybridized carbons (Fsp3) is 0.125. The van der Waals surface area contributed by atoms with Crippen LogP contribution >= 0.6 is 11.6 Å². The number of rotatable bonds is 3. The predicted molar refractivity (Wildman–Crippen MR) is 116 cm³/mol. The molecule has 4 aromatic rings. The number of carbonyl (C=O) groups excluding carboxylic acids is 2. The predicted octanol–water partition coefficient (Wildman–Crippen LogP) is 5.51. The van der Waals surface area contributed by atoms with Crippen molar-refractivity contribution >= 4 is 40.3 Å². The van der Waals surface area contributed by atoms with Crippen LogP contribution in [0.25, 0.3) is 28.4 Å². The van der Waals surface area contributed by atoms with Crippen LogP contribution in [0, 0.1) is 0 Å². The van der Waals surface area contributed by atoms with Crippen LogP contribution in [0.4, 0.5) is 0 Å². The van der Waals surface area contributed by atoms with Gasteiger partial charge in [-0.15, -0.1) is 0 Å². The summed E-state index contributed by atoms with van der Waals surface area (Å²) in [6.07, 6.45) is 5.73. The quantitative estimate of drug-likeness (QED) is 0.326. The van der Waals surface area contributed by atoms with Crippen LogP contribution in [0.5, 0.6) is 0 Å². The molecule has 0 atom stereocenters. The van der Waals surface area contributed by atoms with E-state index in [2.05, 4.69) is 4.98 Å². The second-order valence-corrected chi connectivity index (χ2v) is 7.69. The molecule has 3 aromatic heterocycles. The van der Waals surface area contributed by atoms with Crippen LogP contribution in [0.3, 0.4) is 0 Å². The number of nitrogens with zero attached hydrogens (tertiary/aromatic N) is 2. The Bertz CT molecular complexity index is 1380. The van der Waals surface area contributed by atoms with E-state index in [1.54, 1.807) is 24.5 Å². The van der Waals surface area contributed by atoms with Crippen molar-refractivity contribution in [2.75, 3.05) is 0 Å². The molecule has 0 saturated carbocycles. The lowest BCUT2D eigenvalue weighted by atomic mass is 10.0. The first-order valence-corrected chi connectivity index (χ1v) is 9.99. The molecule has 30 heavy (non-hydrogen) atoms. The molecule has 0 fully saturated rings. The SMILES string of the molecule is CCc1cc2c(cc1Cl)C(=O)/C(=C\c1cc3c(cc(-c4cccnc4)n3C)o1)C2=O. The van der Waals surface area contributed by atoms with Gasteiger partial charge in [0.1, 0.15) is 5.76 Å². The smallest absolute Gasteiger partial charge is 0.197 e. The fourth-order valence-electron chi connectivity index (χ4n) is 3.92. The van der Waals surface area contributed by atoms with Crippen molar-refractivity contribution < 1.29 is 14.0 Å². The van der Waals surface area contributed by atoms with E-state index in [9.17, 15) is 9.59 Å². The molecule has 1 aromatic carbocycles. The summed E-state index contributed by atoms with van der Waals surface area (Å²) >= 11 is 6.24. The number of ketones is 2. The highest BCUT2D eigenvalue weighted by molar-refractivity contribution is 6.42. The van der Waals surface area contributed by atoms with Gasteiger partial charge in [0, 0.05) is 53.3 Å². The highest BCUT2D eigenvalue weighted by Crippen LogP contribution is 2.34. The lowest BCUT2D eigenvalue weighted by Gasteiger charge is -2.03. The Labute approximate surface area is 177 Å². The van der Waals surface area contributed by atoms with E-state index in [0.717, 1.165) is 22.3 Å². The average Bonchev–Trinajstić information content (AvgIpc) is 3.36. The first kappa shape index (κ1) is 18.6. The van der Waals surface area contributed by atoms with Crippen molar-refractivity contribution in [2.24, 2.45) is 7.05 Å². The van der Waals surface area contributed by atoms with Crippen LogP contribution in [0.1, 0.15) is 39.0 Å². The maximum absolute atomic E-state index is 12.9. The van der Waals surface area contributed by atoms with Crippen molar-refractivity contribution in [1.82, 2.24) is 9.55 Å². The second-order valence-electron chi connectivity index (χ2n) is 7.29. The molecule has 0 amide bonds. The minimum absolute atomic E-state index is 0.0980. The Kier molecular flexibility index (Phi) is 4.22. The number of aromatic nitrogens is 2. The molecule has 0 radical (unpaired) electrons. The zero-order chi connectivity index (χ0) is 21.0. The standard InChI is InChI=1S/C24H17ClN2O3/c1-3-13-7-16-17(10-19(13)25)24(29)18(23(16)28)8-15-9-21-22(30-15)11-20(27(21)2)14-5-4-6-26-12-14/h4-12H,3H2,1-2H3/b18-8-. The molecule has 0 aliphatic heterocycles. The van der Waals surface area contributed by atoms with E-state index in [1.807, 2.05) is 42.8 Å². The van der Waals surface area contributed by atoms with Gasteiger partial charge >= 0.3 is 0 Å². The third-order valence-corrected chi connectivity index (χ3v) is 5.89. The molecule has 3 heterocycles. The third-order valence-electron chi connectivity index (χ3n) is 5.54. The topological polar surface area (TPSA) is 65.1 Å². The molecule has 0 unspecified atom stereocenters. The number of furan rings is 1. The summed E-state index contributed by atoms with van der Waals surface area (Å²) in [7, 11) is 1.94. The Hall–Kier alpha value is -3.44. The Balaban J connectivity index is 1.55. The van der Waals surface area contributed by atoms with E-state index in [0.29, 0.717) is 33.9 Å². The fourth-order valence-corrected chi connectivity index (χ4v) is 4.22. The van der Waals surface area contributed by atoms with E-state index >= 15 is 0 Å². The summed E-state index contributed by atoms with van der Waals surface area (Å²) in [6.45, 7) is 1.96. The molecular formula is C24H17ClN2O3. The zero-order valence-electron chi connectivity index (χ0n) is 16.4. The van der Waals surface area contributed by atoms with Crippen LogP contribution in [0.15, 0.2) is 58.8 Å². The van der Waals surface area contributed by atoms with Gasteiger partial charge in [-0.25, -0.2) is 0 Å². The van der Waals surface area contributed by atoms with Crippen molar-refractivity contribution in [2.45, 2.75) is 13.3 Å². The number of Topliss-reactive ketones (excluding diaryl/α,β-unsaturated/α-hetero) is 2. The zero-order valence-corrected chi connectivity index (χ0v) is 17.2. The minimum Gasteiger partial charge on any atom is -0.455 e. The number of fused-ring (bicyclic) bond motifs is 2. The van der Waals surface area contributed by atoms with Crippen LogP contribution in [-0.4, -0.2) is 21.1 Å². The van der Waals surface area contributed by atoms with Gasteiger partial charge in [0.15, 0.2) is 17.1 Å². The van der Waals surface area contributed by atoms with E-state index in [-0.39, 0.29) is 17.1 Å². The van der Waals surface area contributed by atoms with Gasteiger partial charge in [-0.05, 0) is 42.3 Å². The number of halogens is 1. The normalized spacial score (nSPS) is 14.8. The highest BCUT2D eigenvalue weighted by atomic mass is 35.5. The van der Waals surface area contributed by atoms with Crippen LogP contribution in [-0.2, 0) is 13.5 Å². The molecule has 148 valence electrons. The molecule has 0 spiro atoms. The van der Waals surface area contributed by atoms with Crippen molar-refractivity contribution in [3.63, 3.8) is 0 Å². The second kappa shape index (κ2) is 6.82. The summed E-state index contributed by atoms with van der Waals surface area (Å²) in [5.41, 5.74) is 5.20. The number of benzene rings is 1.